The molecule has 0 radical (unpaired) electrons. The van der Waals surface area contributed by atoms with Gasteiger partial charge in [-0.15, -0.1) is 5.10 Å². The molecule has 8 nitrogen and oxygen atoms in total. The molecule has 0 spiro atoms. The number of methoxy groups -OCH3 is 1. The average Bonchev–Trinajstić information content (AvgIpc) is 3.38. The van der Waals surface area contributed by atoms with E-state index in [4.69, 9.17) is 42.8 Å². The smallest absolute Gasteiger partial charge is 0.255 e. The minimum Gasteiger partial charge on any atom is -0.493 e. The van der Waals surface area contributed by atoms with Gasteiger partial charge < -0.3 is 20.1 Å². The molecule has 2 heterocycles. The number of allylic oxidation sites excluding steroid dienone is 1. The van der Waals surface area contributed by atoms with Crippen molar-refractivity contribution >= 4 is 52.5 Å². The Morgan fingerprint density at radius 2 is 1.83 bits per heavy atom. The first-order chi connectivity index (χ1) is 20.3. The molecule has 5 rings (SSSR count). The van der Waals surface area contributed by atoms with Crippen LogP contribution in [0.4, 0.5) is 11.6 Å². The number of benzene rings is 3. The zero-order valence-electron chi connectivity index (χ0n) is 23.7. The third-order valence-electron chi connectivity index (χ3n) is 6.84. The van der Waals surface area contributed by atoms with Crippen LogP contribution in [0.15, 0.2) is 77.1 Å². The molecule has 42 heavy (non-hydrogen) atoms. The van der Waals surface area contributed by atoms with Crippen LogP contribution in [0.5, 0.6) is 11.5 Å². The number of carbonyl (C=O) groups excluding carboxylic acids is 1. The van der Waals surface area contributed by atoms with E-state index < -0.39 is 6.04 Å². The zero-order valence-corrected chi connectivity index (χ0v) is 26.0. The molecule has 0 fully saturated rings. The first-order valence-electron chi connectivity index (χ1n) is 13.5. The summed E-state index contributed by atoms with van der Waals surface area (Å²) in [6.45, 7) is 6.10. The van der Waals surface area contributed by atoms with Crippen LogP contribution >= 0.6 is 35.0 Å². The molecule has 0 saturated carbocycles. The zero-order chi connectivity index (χ0) is 29.8. The second-order valence-corrected chi connectivity index (χ2v) is 11.6. The highest BCUT2D eigenvalue weighted by Gasteiger charge is 2.35. The lowest BCUT2D eigenvalue weighted by Crippen LogP contribution is -2.31. The number of halogens is 2. The Morgan fingerprint density at radius 3 is 2.55 bits per heavy atom. The Bertz CT molecular complexity index is 1640. The Morgan fingerprint density at radius 1 is 1.07 bits per heavy atom. The van der Waals surface area contributed by atoms with E-state index in [1.165, 1.54) is 0 Å². The fourth-order valence-corrected chi connectivity index (χ4v) is 5.87. The van der Waals surface area contributed by atoms with E-state index in [0.717, 1.165) is 29.0 Å². The topological polar surface area (TPSA) is 90.3 Å². The molecule has 2 N–H and O–H groups in total. The van der Waals surface area contributed by atoms with E-state index in [2.05, 4.69) is 17.6 Å². The minimum atomic E-state index is -0.574. The van der Waals surface area contributed by atoms with Gasteiger partial charge >= 0.3 is 0 Å². The van der Waals surface area contributed by atoms with Crippen LogP contribution in [0.3, 0.4) is 0 Å². The quantitative estimate of drug-likeness (QED) is 0.173. The molecule has 0 bridgehead atoms. The summed E-state index contributed by atoms with van der Waals surface area (Å²) in [5, 5.41) is 12.9. The number of fused-ring (bicyclic) bond motifs is 1. The van der Waals surface area contributed by atoms with E-state index >= 15 is 0 Å². The highest BCUT2D eigenvalue weighted by atomic mass is 35.5. The van der Waals surface area contributed by atoms with Gasteiger partial charge in [-0.3, -0.25) is 4.79 Å². The molecule has 0 aliphatic carbocycles. The number of carbonyl (C=O) groups is 1. The van der Waals surface area contributed by atoms with Crippen LogP contribution in [-0.2, 0) is 11.4 Å². The summed E-state index contributed by atoms with van der Waals surface area (Å²) >= 11 is 14.3. The second-order valence-electron chi connectivity index (χ2n) is 9.75. The maximum absolute atomic E-state index is 13.9. The van der Waals surface area contributed by atoms with Crippen molar-refractivity contribution in [3.8, 4) is 11.5 Å². The Labute approximate surface area is 259 Å². The summed E-state index contributed by atoms with van der Waals surface area (Å²) in [4.78, 5) is 18.6. The molecule has 1 atom stereocenters. The van der Waals surface area contributed by atoms with Crippen molar-refractivity contribution < 1.29 is 14.3 Å². The number of aryl methyl sites for hydroxylation is 1. The molecule has 0 saturated heterocycles. The lowest BCUT2D eigenvalue weighted by molar-refractivity contribution is -0.113. The van der Waals surface area contributed by atoms with E-state index in [0.29, 0.717) is 49.5 Å². The molecule has 3 aromatic carbocycles. The van der Waals surface area contributed by atoms with Gasteiger partial charge in [-0.25, -0.2) is 4.68 Å². The van der Waals surface area contributed by atoms with E-state index in [9.17, 15) is 4.79 Å². The number of anilines is 2. The van der Waals surface area contributed by atoms with Gasteiger partial charge in [0, 0.05) is 32.7 Å². The molecule has 1 amide bonds. The van der Waals surface area contributed by atoms with Crippen LogP contribution in [0.2, 0.25) is 10.0 Å². The lowest BCUT2D eigenvalue weighted by Gasteiger charge is -2.29. The standard InChI is InChI=1S/C31H31Cl2N5O3S/c1-5-15-42-31-36-30-34-19(3)27(29(39)35-24-12-7-6-9-18(24)2)28(38(30)37-31)20-13-14-25(26(16-20)40-4)41-17-21-22(32)10-8-11-23(21)33/h6-14,16,28H,5,15,17H2,1-4H3,(H,35,39)(H,34,36,37). The van der Waals surface area contributed by atoms with Gasteiger partial charge in [0.15, 0.2) is 11.5 Å². The van der Waals surface area contributed by atoms with Crippen molar-refractivity contribution in [2.24, 2.45) is 0 Å². The number of hydrogen-bond donors (Lipinski definition) is 2. The van der Waals surface area contributed by atoms with Crippen LogP contribution in [-0.4, -0.2) is 33.5 Å². The molecule has 1 unspecified atom stereocenters. The number of rotatable bonds is 10. The number of nitrogens with one attached hydrogen (secondary N) is 2. The van der Waals surface area contributed by atoms with Crippen molar-refractivity contribution in [3.63, 3.8) is 0 Å². The highest BCUT2D eigenvalue weighted by Crippen LogP contribution is 2.40. The van der Waals surface area contributed by atoms with Gasteiger partial charge in [0.1, 0.15) is 12.6 Å². The van der Waals surface area contributed by atoms with Gasteiger partial charge in [0.05, 0.1) is 12.7 Å². The highest BCUT2D eigenvalue weighted by molar-refractivity contribution is 7.99. The predicted octanol–water partition coefficient (Wildman–Crippen LogP) is 7.91. The molecule has 1 aliphatic rings. The molecule has 218 valence electrons. The summed E-state index contributed by atoms with van der Waals surface area (Å²) in [6, 6.07) is 18.0. The number of hydrogen-bond acceptors (Lipinski definition) is 7. The van der Waals surface area contributed by atoms with E-state index in [1.54, 1.807) is 41.8 Å². The number of aromatic nitrogens is 3. The summed E-state index contributed by atoms with van der Waals surface area (Å²) in [5.41, 5.74) is 4.37. The van der Waals surface area contributed by atoms with Crippen LogP contribution < -0.4 is 20.1 Å². The van der Waals surface area contributed by atoms with E-state index in [1.807, 2.05) is 56.3 Å². The third-order valence-corrected chi connectivity index (χ3v) is 8.60. The summed E-state index contributed by atoms with van der Waals surface area (Å²) in [5.74, 6) is 2.21. The monoisotopic (exact) mass is 623 g/mol. The van der Waals surface area contributed by atoms with Gasteiger partial charge in [-0.2, -0.15) is 4.98 Å². The first kappa shape index (κ1) is 29.8. The van der Waals surface area contributed by atoms with Gasteiger partial charge in [0.2, 0.25) is 11.1 Å². The number of nitrogens with zero attached hydrogens (tertiary/aromatic N) is 3. The number of thioether (sulfide) groups is 1. The van der Waals surface area contributed by atoms with Crippen LogP contribution in [0.25, 0.3) is 0 Å². The summed E-state index contributed by atoms with van der Waals surface area (Å²) in [6.07, 6.45) is 0.991. The lowest BCUT2D eigenvalue weighted by atomic mass is 9.94. The van der Waals surface area contributed by atoms with Gasteiger partial charge in [-0.05, 0) is 61.7 Å². The van der Waals surface area contributed by atoms with Crippen LogP contribution in [0, 0.1) is 6.92 Å². The number of para-hydroxylation sites is 1. The Balaban J connectivity index is 1.53. The van der Waals surface area contributed by atoms with Crippen molar-refractivity contribution in [1.29, 1.82) is 0 Å². The normalized spacial score (nSPS) is 14.3. The molecule has 1 aliphatic heterocycles. The minimum absolute atomic E-state index is 0.163. The number of amides is 1. The Hall–Kier alpha value is -3.66. The first-order valence-corrected chi connectivity index (χ1v) is 15.2. The summed E-state index contributed by atoms with van der Waals surface area (Å²) in [7, 11) is 1.57. The SMILES string of the molecule is CCCSc1nc2n(n1)C(c1ccc(OCc3c(Cl)cccc3Cl)c(OC)c1)C(C(=O)Nc1ccccc1C)=C(C)N2. The maximum Gasteiger partial charge on any atom is 0.255 e. The molecule has 4 aromatic rings. The van der Waals surface area contributed by atoms with Crippen molar-refractivity contribution in [2.45, 2.75) is 45.0 Å². The van der Waals surface area contributed by atoms with Crippen molar-refractivity contribution in [3.05, 3.63) is 98.7 Å². The van der Waals surface area contributed by atoms with Crippen LogP contribution in [0.1, 0.15) is 43.0 Å². The number of ether oxygens (including phenoxy) is 2. The second kappa shape index (κ2) is 13.1. The Kier molecular flexibility index (Phi) is 9.30. The fourth-order valence-electron chi connectivity index (χ4n) is 4.68. The van der Waals surface area contributed by atoms with Gasteiger partial charge in [0.25, 0.3) is 5.91 Å². The van der Waals surface area contributed by atoms with Gasteiger partial charge in [-0.1, -0.05) is 72.2 Å². The third kappa shape index (κ3) is 6.23. The largest absolute Gasteiger partial charge is 0.493 e. The summed E-state index contributed by atoms with van der Waals surface area (Å²) < 4.78 is 13.6. The fraction of sp³-hybridized carbons (Fsp3) is 0.258. The van der Waals surface area contributed by atoms with E-state index in [-0.39, 0.29) is 12.5 Å². The molecule has 11 heteroatoms. The molecule has 1 aromatic heterocycles. The maximum atomic E-state index is 13.9. The predicted molar refractivity (Wildman–Crippen MR) is 169 cm³/mol. The molecular formula is C31H31Cl2N5O3S. The van der Waals surface area contributed by atoms with Crippen molar-refractivity contribution in [2.75, 3.05) is 23.5 Å². The molecular weight excluding hydrogens is 593 g/mol. The average molecular weight is 625 g/mol. The van der Waals surface area contributed by atoms with Crippen molar-refractivity contribution in [1.82, 2.24) is 14.8 Å².